The maximum absolute atomic E-state index is 12.2. The first-order valence-electron chi connectivity index (χ1n) is 14.9. The zero-order chi connectivity index (χ0) is 30.2. The molecule has 2 aliphatic rings. The molecule has 0 radical (unpaired) electrons. The summed E-state index contributed by atoms with van der Waals surface area (Å²) in [4.78, 5) is 30.4. The zero-order valence-corrected chi connectivity index (χ0v) is 24.7. The predicted molar refractivity (Wildman–Crippen MR) is 165 cm³/mol. The number of hydrogen-bond donors (Lipinski definition) is 3. The lowest BCUT2D eigenvalue weighted by Gasteiger charge is -2.33. The molecule has 222 valence electrons. The van der Waals surface area contributed by atoms with Crippen LogP contribution in [0.5, 0.6) is 0 Å². The van der Waals surface area contributed by atoms with E-state index in [1.807, 2.05) is 18.2 Å². The van der Waals surface area contributed by atoms with Crippen LogP contribution in [-0.2, 0) is 11.2 Å². The van der Waals surface area contributed by atoms with Crippen molar-refractivity contribution in [3.8, 4) is 17.1 Å². The summed E-state index contributed by atoms with van der Waals surface area (Å²) in [6.45, 7) is 6.75. The number of anilines is 1. The summed E-state index contributed by atoms with van der Waals surface area (Å²) in [6.07, 6.45) is 4.15. The van der Waals surface area contributed by atoms with Gasteiger partial charge in [0, 0.05) is 24.3 Å². The van der Waals surface area contributed by atoms with Crippen molar-refractivity contribution >= 4 is 17.6 Å². The molecule has 1 fully saturated rings. The van der Waals surface area contributed by atoms with E-state index in [4.69, 9.17) is 4.98 Å². The van der Waals surface area contributed by atoms with E-state index in [0.717, 1.165) is 42.6 Å². The van der Waals surface area contributed by atoms with E-state index in [9.17, 15) is 19.8 Å². The second-order valence-electron chi connectivity index (χ2n) is 11.7. The van der Waals surface area contributed by atoms with Crippen molar-refractivity contribution in [1.29, 1.82) is 0 Å². The fourth-order valence-corrected chi connectivity index (χ4v) is 6.58. The highest BCUT2D eigenvalue weighted by Crippen LogP contribution is 2.41. The first-order chi connectivity index (χ1) is 20.7. The lowest BCUT2D eigenvalue weighted by atomic mass is 9.88. The van der Waals surface area contributed by atoms with Crippen molar-refractivity contribution in [3.05, 3.63) is 94.3 Å². The number of aliphatic hydroxyl groups is 1. The molecular weight excluding hydrogens is 542 g/mol. The number of carbonyl (C=O) groups is 2. The van der Waals surface area contributed by atoms with E-state index in [-0.39, 0.29) is 17.5 Å². The third-order valence-electron chi connectivity index (χ3n) is 8.93. The number of aliphatic hydroxyl groups excluding tert-OH is 1. The van der Waals surface area contributed by atoms with Gasteiger partial charge in [0.25, 0.3) is 5.91 Å². The first kappa shape index (κ1) is 28.6. The Morgan fingerprint density at radius 1 is 1.02 bits per heavy atom. The third kappa shape index (κ3) is 5.52. The summed E-state index contributed by atoms with van der Waals surface area (Å²) in [5.74, 6) is -0.216. The maximum Gasteiger partial charge on any atom is 0.339 e. The van der Waals surface area contributed by atoms with Crippen LogP contribution in [0.1, 0.15) is 76.5 Å². The Hall–Kier alpha value is -4.50. The van der Waals surface area contributed by atoms with Gasteiger partial charge in [0.05, 0.1) is 23.6 Å². The highest BCUT2D eigenvalue weighted by molar-refractivity contribution is 5.88. The van der Waals surface area contributed by atoms with Gasteiger partial charge in [-0.25, -0.2) is 14.5 Å². The van der Waals surface area contributed by atoms with Gasteiger partial charge in [-0.2, -0.15) is 5.10 Å². The fourth-order valence-electron chi connectivity index (χ4n) is 6.58. The predicted octanol–water partition coefficient (Wildman–Crippen LogP) is 5.44. The van der Waals surface area contributed by atoms with Gasteiger partial charge in [0.1, 0.15) is 11.7 Å². The van der Waals surface area contributed by atoms with Crippen molar-refractivity contribution in [3.63, 3.8) is 0 Å². The number of hydrogen-bond acceptors (Lipinski definition) is 6. The Balaban J connectivity index is 1.22. The summed E-state index contributed by atoms with van der Waals surface area (Å²) in [5, 5.41) is 27.2. The number of carboxylic acids is 1. The highest BCUT2D eigenvalue weighted by Gasteiger charge is 2.28. The molecule has 43 heavy (non-hydrogen) atoms. The molecule has 9 nitrogen and oxygen atoms in total. The van der Waals surface area contributed by atoms with Crippen LogP contribution in [0.4, 0.5) is 5.69 Å². The molecule has 1 amide bonds. The molecule has 0 spiro atoms. The van der Waals surface area contributed by atoms with Crippen molar-refractivity contribution in [2.75, 3.05) is 18.4 Å². The van der Waals surface area contributed by atoms with E-state index in [1.165, 1.54) is 35.4 Å². The summed E-state index contributed by atoms with van der Waals surface area (Å²) in [7, 11) is 0. The number of benzene rings is 2. The van der Waals surface area contributed by atoms with Gasteiger partial charge in [-0.05, 0) is 92.8 Å². The van der Waals surface area contributed by atoms with Crippen molar-refractivity contribution in [1.82, 2.24) is 19.7 Å². The second-order valence-corrected chi connectivity index (χ2v) is 11.7. The monoisotopic (exact) mass is 579 g/mol. The Morgan fingerprint density at radius 2 is 1.79 bits per heavy atom. The molecular formula is C34H37N5O4. The Bertz CT molecular complexity index is 1690. The Kier molecular flexibility index (Phi) is 7.75. The van der Waals surface area contributed by atoms with Gasteiger partial charge >= 0.3 is 5.97 Å². The summed E-state index contributed by atoms with van der Waals surface area (Å²) in [6, 6.07) is 18.9. The second kappa shape index (κ2) is 11.6. The number of aryl methyl sites for hydroxylation is 2. The molecule has 2 atom stereocenters. The number of carboxylic acid groups (broad SMARTS) is 1. The van der Waals surface area contributed by atoms with Crippen molar-refractivity contribution in [2.24, 2.45) is 0 Å². The van der Waals surface area contributed by atoms with Crippen LogP contribution >= 0.6 is 0 Å². The lowest BCUT2D eigenvalue weighted by molar-refractivity contribution is -0.140. The Morgan fingerprint density at radius 3 is 2.49 bits per heavy atom. The van der Waals surface area contributed by atoms with Gasteiger partial charge in [-0.3, -0.25) is 4.79 Å². The van der Waals surface area contributed by atoms with E-state index >= 15 is 0 Å². The number of aromatic carboxylic acids is 1. The molecule has 1 aliphatic heterocycles. The zero-order valence-electron chi connectivity index (χ0n) is 24.7. The summed E-state index contributed by atoms with van der Waals surface area (Å²) < 4.78 is 1.58. The van der Waals surface area contributed by atoms with Gasteiger partial charge < -0.3 is 20.4 Å². The number of likely N-dealkylation sites (tertiary alicyclic amines) is 1. The smallest absolute Gasteiger partial charge is 0.339 e. The van der Waals surface area contributed by atoms with Crippen LogP contribution in [0.2, 0.25) is 0 Å². The molecule has 0 saturated carbocycles. The van der Waals surface area contributed by atoms with E-state index in [2.05, 4.69) is 53.7 Å². The minimum absolute atomic E-state index is 0.126. The summed E-state index contributed by atoms with van der Waals surface area (Å²) in [5.41, 5.74) is 8.71. The van der Waals surface area contributed by atoms with Crippen LogP contribution < -0.4 is 5.32 Å². The topological polar surface area (TPSA) is 121 Å². The quantitative estimate of drug-likeness (QED) is 0.267. The average molecular weight is 580 g/mol. The van der Waals surface area contributed by atoms with Gasteiger partial charge in [0.2, 0.25) is 0 Å². The average Bonchev–Trinajstić information content (AvgIpc) is 3.61. The SMILES string of the molecule is Cc1cc(C2CCN(C(=O)[C@H](C)O)CC2)ccc1NC1CCc2cccc(-c3cccc(-n4ncc(C(=O)O)c4C)n3)c21. The first-order valence-corrected chi connectivity index (χ1v) is 14.9. The number of pyridine rings is 1. The van der Waals surface area contributed by atoms with Crippen LogP contribution in [0, 0.1) is 13.8 Å². The van der Waals surface area contributed by atoms with Crippen LogP contribution in [-0.4, -0.2) is 60.9 Å². The number of nitrogens with zero attached hydrogens (tertiary/aromatic N) is 4. The molecule has 1 saturated heterocycles. The number of piperidine rings is 1. The fraction of sp³-hybridized carbons (Fsp3) is 0.353. The van der Waals surface area contributed by atoms with Crippen molar-refractivity contribution in [2.45, 2.75) is 64.5 Å². The molecule has 9 heteroatoms. The van der Waals surface area contributed by atoms with Crippen LogP contribution in [0.15, 0.2) is 60.8 Å². The molecule has 1 unspecified atom stereocenters. The van der Waals surface area contributed by atoms with E-state index in [1.54, 1.807) is 16.5 Å². The number of fused-ring (bicyclic) bond motifs is 1. The third-order valence-corrected chi connectivity index (χ3v) is 8.93. The normalized spacial score (nSPS) is 17.5. The molecule has 2 aromatic carbocycles. The van der Waals surface area contributed by atoms with E-state index in [0.29, 0.717) is 30.5 Å². The number of amides is 1. The Labute approximate surface area is 251 Å². The van der Waals surface area contributed by atoms with Gasteiger partial charge in [-0.1, -0.05) is 36.4 Å². The number of nitrogens with one attached hydrogen (secondary N) is 1. The standard InChI is InChI=1S/C34H37N5O4/c1-20-18-25(23-14-16-38(17-15-23)33(41)22(3)40)11-12-28(20)36-30-13-10-24-6-4-7-26(32(24)30)29-8-5-9-31(37-29)39-21(2)27(19-35-39)34(42)43/h4-9,11-12,18-19,22-23,30,36,40H,10,13-17H2,1-3H3,(H,42,43)/t22-,30?/m0/s1. The van der Waals surface area contributed by atoms with Gasteiger partial charge in [0.15, 0.2) is 5.82 Å². The number of carbonyl (C=O) groups excluding carboxylic acids is 1. The molecule has 4 aromatic rings. The number of rotatable bonds is 7. The van der Waals surface area contributed by atoms with Crippen molar-refractivity contribution < 1.29 is 19.8 Å². The molecule has 6 rings (SSSR count). The number of aromatic nitrogens is 3. The van der Waals surface area contributed by atoms with Crippen LogP contribution in [0.3, 0.4) is 0 Å². The highest BCUT2D eigenvalue weighted by atomic mass is 16.4. The molecule has 1 aliphatic carbocycles. The minimum atomic E-state index is -1.01. The lowest BCUT2D eigenvalue weighted by Crippen LogP contribution is -2.42. The molecule has 3 N–H and O–H groups in total. The van der Waals surface area contributed by atoms with Crippen LogP contribution in [0.25, 0.3) is 17.1 Å². The molecule has 2 aromatic heterocycles. The van der Waals surface area contributed by atoms with Gasteiger partial charge in [-0.15, -0.1) is 0 Å². The van der Waals surface area contributed by atoms with E-state index < -0.39 is 12.1 Å². The minimum Gasteiger partial charge on any atom is -0.478 e. The largest absolute Gasteiger partial charge is 0.478 e. The molecule has 3 heterocycles. The molecule has 0 bridgehead atoms. The summed E-state index contributed by atoms with van der Waals surface area (Å²) >= 11 is 0. The maximum atomic E-state index is 12.2.